The Labute approximate surface area is 158 Å². The third-order valence-corrected chi connectivity index (χ3v) is 4.24. The van der Waals surface area contributed by atoms with E-state index in [0.29, 0.717) is 24.4 Å². The number of hydrogen-bond acceptors (Lipinski definition) is 6. The second-order valence-corrected chi connectivity index (χ2v) is 6.20. The fourth-order valence-corrected chi connectivity index (χ4v) is 3.07. The Morgan fingerprint density at radius 1 is 1.27 bits per heavy atom. The smallest absolute Gasteiger partial charge is 0.337 e. The Kier molecular flexibility index (Phi) is 8.78. The molecule has 0 bridgehead atoms. The number of likely N-dealkylation sites (tertiary alicyclic amines) is 1. The molecule has 6 nitrogen and oxygen atoms in total. The number of methoxy groups -OCH3 is 1. The summed E-state index contributed by atoms with van der Waals surface area (Å²) in [7, 11) is 1.87. The Hall–Kier alpha value is -2.41. The number of allylic oxidation sites excluding steroid dienone is 1. The van der Waals surface area contributed by atoms with Crippen LogP contribution in [0.2, 0.25) is 0 Å². The zero-order valence-electron chi connectivity index (χ0n) is 15.0. The topological polar surface area (TPSA) is 108 Å². The van der Waals surface area contributed by atoms with E-state index in [9.17, 15) is 9.18 Å². The maximum atomic E-state index is 11.5. The van der Waals surface area contributed by atoms with E-state index in [2.05, 4.69) is 4.90 Å². The van der Waals surface area contributed by atoms with E-state index in [-0.39, 0.29) is 16.9 Å². The molecule has 0 saturated carbocycles. The second kappa shape index (κ2) is 10.6. The van der Waals surface area contributed by atoms with Gasteiger partial charge in [0.1, 0.15) is 11.0 Å². The summed E-state index contributed by atoms with van der Waals surface area (Å²) in [5.74, 6) is 0.167. The van der Waals surface area contributed by atoms with Crippen LogP contribution in [-0.2, 0) is 4.74 Å². The molecule has 0 aliphatic carbocycles. The molecule has 1 heterocycles. The summed E-state index contributed by atoms with van der Waals surface area (Å²) in [6, 6.07) is 7.48. The van der Waals surface area contributed by atoms with Crippen LogP contribution in [0.3, 0.4) is 0 Å². The molecule has 1 aromatic carbocycles. The number of nitrogens with zero attached hydrogens (tertiary/aromatic N) is 1. The van der Waals surface area contributed by atoms with Gasteiger partial charge in [-0.15, -0.1) is 0 Å². The molecule has 1 fully saturated rings. The summed E-state index contributed by atoms with van der Waals surface area (Å²) in [6.07, 6.45) is 3.63. The van der Waals surface area contributed by atoms with Crippen LogP contribution in [-0.4, -0.2) is 38.2 Å². The van der Waals surface area contributed by atoms with Gasteiger partial charge >= 0.3 is 5.97 Å². The van der Waals surface area contributed by atoms with Crippen LogP contribution in [0.4, 0.5) is 4.39 Å². The largest absolute Gasteiger partial charge is 0.465 e. The fraction of sp³-hybridized carbons (Fsp3) is 0.389. The standard InChI is InChI=1S/C17H23ClN4O2.CH3F/c1-24-17(23)12-6-4-11(5-7-12)13-3-2-8-22(10-13)14(16(20)21)9-15(18)19;1-2/h4-7,9,13H,2-3,8,10,19-21H2,1H3;1H3/b15-9-;. The third kappa shape index (κ3) is 5.84. The predicted molar refractivity (Wildman–Crippen MR) is 102 cm³/mol. The summed E-state index contributed by atoms with van der Waals surface area (Å²) in [4.78, 5) is 13.6. The van der Waals surface area contributed by atoms with E-state index < -0.39 is 0 Å². The summed E-state index contributed by atoms with van der Waals surface area (Å²) in [6.45, 7) is 1.59. The highest BCUT2D eigenvalue weighted by Gasteiger charge is 2.23. The lowest BCUT2D eigenvalue weighted by molar-refractivity contribution is 0.0600. The Morgan fingerprint density at radius 3 is 2.38 bits per heavy atom. The molecule has 0 radical (unpaired) electrons. The minimum absolute atomic E-state index is 0.142. The minimum atomic E-state index is -0.337. The van der Waals surface area contributed by atoms with Gasteiger partial charge in [0.15, 0.2) is 0 Å². The number of carbonyl (C=O) groups excluding carboxylic acids is 1. The molecule has 1 unspecified atom stereocenters. The van der Waals surface area contributed by atoms with Crippen LogP contribution in [0.15, 0.2) is 47.0 Å². The molecule has 1 aliphatic heterocycles. The van der Waals surface area contributed by atoms with Gasteiger partial charge in [0.05, 0.1) is 25.5 Å². The average molecular weight is 385 g/mol. The van der Waals surface area contributed by atoms with E-state index >= 15 is 0 Å². The van der Waals surface area contributed by atoms with E-state index in [1.54, 1.807) is 18.2 Å². The number of halogens is 2. The first kappa shape index (κ1) is 21.6. The Balaban J connectivity index is 0.00000163. The highest BCUT2D eigenvalue weighted by Crippen LogP contribution is 2.29. The van der Waals surface area contributed by atoms with Gasteiger partial charge in [-0.3, -0.25) is 4.39 Å². The molecule has 8 heteroatoms. The summed E-state index contributed by atoms with van der Waals surface area (Å²) < 4.78 is 14.2. The number of esters is 1. The molecule has 26 heavy (non-hydrogen) atoms. The Morgan fingerprint density at radius 2 is 1.88 bits per heavy atom. The number of nitrogens with two attached hydrogens (primary N) is 3. The quantitative estimate of drug-likeness (QED) is 0.418. The van der Waals surface area contributed by atoms with Gasteiger partial charge in [-0.25, -0.2) is 4.79 Å². The van der Waals surface area contributed by atoms with E-state index in [1.807, 2.05) is 12.1 Å². The highest BCUT2D eigenvalue weighted by atomic mass is 35.5. The van der Waals surface area contributed by atoms with E-state index in [0.717, 1.165) is 31.5 Å². The van der Waals surface area contributed by atoms with Crippen LogP contribution >= 0.6 is 11.6 Å². The zero-order chi connectivity index (χ0) is 19.7. The second-order valence-electron chi connectivity index (χ2n) is 5.77. The zero-order valence-corrected chi connectivity index (χ0v) is 15.8. The lowest BCUT2D eigenvalue weighted by atomic mass is 9.90. The maximum Gasteiger partial charge on any atom is 0.337 e. The number of hydrogen-bond donors (Lipinski definition) is 3. The predicted octanol–water partition coefficient (Wildman–Crippen LogP) is 2.36. The average Bonchev–Trinajstić information content (AvgIpc) is 2.67. The van der Waals surface area contributed by atoms with Crippen molar-refractivity contribution in [3.8, 4) is 0 Å². The van der Waals surface area contributed by atoms with Crippen molar-refractivity contribution in [3.63, 3.8) is 0 Å². The molecule has 0 aromatic heterocycles. The van der Waals surface area contributed by atoms with Gasteiger partial charge in [-0.2, -0.15) is 0 Å². The molecule has 144 valence electrons. The number of piperidine rings is 1. The van der Waals surface area contributed by atoms with Gasteiger partial charge in [-0.05, 0) is 36.6 Å². The number of carbonyl (C=O) groups is 1. The highest BCUT2D eigenvalue weighted by molar-refractivity contribution is 6.29. The molecule has 6 N–H and O–H groups in total. The van der Waals surface area contributed by atoms with Crippen molar-refractivity contribution >= 4 is 17.6 Å². The lowest BCUT2D eigenvalue weighted by Gasteiger charge is -2.35. The minimum Gasteiger partial charge on any atom is -0.465 e. The van der Waals surface area contributed by atoms with Crippen LogP contribution in [0.1, 0.15) is 34.7 Å². The molecule has 0 amide bonds. The lowest BCUT2D eigenvalue weighted by Crippen LogP contribution is -2.36. The molecular weight excluding hydrogens is 359 g/mol. The van der Waals surface area contributed by atoms with Gasteiger partial charge < -0.3 is 26.8 Å². The molecule has 2 rings (SSSR count). The summed E-state index contributed by atoms with van der Waals surface area (Å²) in [5.41, 5.74) is 19.4. The van der Waals surface area contributed by atoms with Crippen LogP contribution in [0, 0.1) is 0 Å². The van der Waals surface area contributed by atoms with Crippen molar-refractivity contribution in [1.82, 2.24) is 4.90 Å². The first-order chi connectivity index (χ1) is 12.4. The molecule has 1 atom stereocenters. The SMILES string of the molecule is CF.COC(=O)c1ccc(C2CCCN(C(/C=C(\N)Cl)=C(N)N)C2)cc1. The number of benzene rings is 1. The number of alkyl halides is 1. The first-order valence-electron chi connectivity index (χ1n) is 8.11. The summed E-state index contributed by atoms with van der Waals surface area (Å²) in [5, 5.41) is 0.142. The van der Waals surface area contributed by atoms with Crippen LogP contribution < -0.4 is 17.2 Å². The molecular formula is C18H26ClFN4O2. The fourth-order valence-electron chi connectivity index (χ4n) is 2.97. The van der Waals surface area contributed by atoms with Crippen molar-refractivity contribution in [2.45, 2.75) is 18.8 Å². The molecule has 1 aromatic rings. The van der Waals surface area contributed by atoms with Crippen molar-refractivity contribution in [1.29, 1.82) is 0 Å². The number of ether oxygens (including phenoxy) is 1. The normalized spacial score (nSPS) is 17.0. The van der Waals surface area contributed by atoms with Crippen molar-refractivity contribution in [2.24, 2.45) is 17.2 Å². The maximum absolute atomic E-state index is 11.5. The van der Waals surface area contributed by atoms with Crippen LogP contribution in [0.5, 0.6) is 0 Å². The van der Waals surface area contributed by atoms with Crippen LogP contribution in [0.25, 0.3) is 0 Å². The first-order valence-corrected chi connectivity index (χ1v) is 8.49. The van der Waals surface area contributed by atoms with Crippen molar-refractivity contribution < 1.29 is 13.9 Å². The molecule has 0 spiro atoms. The monoisotopic (exact) mass is 384 g/mol. The molecule has 1 saturated heterocycles. The van der Waals surface area contributed by atoms with Gasteiger partial charge in [0.25, 0.3) is 0 Å². The summed E-state index contributed by atoms with van der Waals surface area (Å²) >= 11 is 5.77. The van der Waals surface area contributed by atoms with E-state index in [4.69, 9.17) is 33.5 Å². The molecule has 1 aliphatic rings. The van der Waals surface area contributed by atoms with Crippen molar-refractivity contribution in [2.75, 3.05) is 27.4 Å². The third-order valence-electron chi connectivity index (χ3n) is 4.14. The van der Waals surface area contributed by atoms with Gasteiger partial charge in [0.2, 0.25) is 0 Å². The number of rotatable bonds is 4. The Bertz CT molecular complexity index is 654. The van der Waals surface area contributed by atoms with Crippen molar-refractivity contribution in [3.05, 3.63) is 58.1 Å². The van der Waals surface area contributed by atoms with Gasteiger partial charge in [0, 0.05) is 19.0 Å². The van der Waals surface area contributed by atoms with E-state index in [1.165, 1.54) is 7.11 Å². The van der Waals surface area contributed by atoms with Gasteiger partial charge in [-0.1, -0.05) is 23.7 Å².